The van der Waals surface area contributed by atoms with Crippen LogP contribution in [0.15, 0.2) is 42.1 Å². The lowest BCUT2D eigenvalue weighted by Gasteiger charge is -2.02. The smallest absolute Gasteiger partial charge is 0.179 e. The van der Waals surface area contributed by atoms with Gasteiger partial charge in [-0.25, -0.2) is 0 Å². The third kappa shape index (κ3) is 3.44. The largest absolute Gasteiger partial charge is 0.483 e. The van der Waals surface area contributed by atoms with Crippen LogP contribution in [-0.2, 0) is 11.2 Å². The van der Waals surface area contributed by atoms with Gasteiger partial charge < -0.3 is 4.74 Å². The maximum absolute atomic E-state index is 5.43. The highest BCUT2D eigenvalue weighted by Crippen LogP contribution is 2.03. The number of hydrogen-bond acceptors (Lipinski definition) is 1. The molecule has 0 saturated carbocycles. The van der Waals surface area contributed by atoms with Gasteiger partial charge in [-0.1, -0.05) is 30.3 Å². The van der Waals surface area contributed by atoms with E-state index in [1.165, 1.54) is 5.56 Å². The van der Waals surface area contributed by atoms with Crippen LogP contribution in [0.3, 0.4) is 0 Å². The average molecular weight is 183 g/mol. The van der Waals surface area contributed by atoms with Gasteiger partial charge in [0.2, 0.25) is 0 Å². The Hall–Kier alpha value is -0.950. The Balaban J connectivity index is 2.29. The van der Waals surface area contributed by atoms with Crippen LogP contribution in [0.25, 0.3) is 0 Å². The van der Waals surface area contributed by atoms with Crippen molar-refractivity contribution in [2.45, 2.75) is 6.42 Å². The molecular weight excluding hydrogens is 172 g/mol. The molecule has 0 saturated heterocycles. The van der Waals surface area contributed by atoms with Gasteiger partial charge in [-0.05, 0) is 23.7 Å². The van der Waals surface area contributed by atoms with E-state index in [-0.39, 0.29) is 5.22 Å². The molecule has 1 nitrogen and oxygen atoms in total. The average Bonchev–Trinajstić information content (AvgIpc) is 2.05. The molecule has 0 atom stereocenters. The number of halogens is 1. The van der Waals surface area contributed by atoms with Gasteiger partial charge in [-0.2, -0.15) is 0 Å². The molecule has 0 aliphatic rings. The molecule has 0 radical (unpaired) electrons. The van der Waals surface area contributed by atoms with Crippen molar-refractivity contribution in [3.05, 3.63) is 47.7 Å². The molecule has 0 unspecified atom stereocenters. The van der Waals surface area contributed by atoms with E-state index in [4.69, 9.17) is 16.3 Å². The summed E-state index contributed by atoms with van der Waals surface area (Å²) in [6.07, 6.45) is 0.868. The second-order valence-electron chi connectivity index (χ2n) is 2.44. The highest BCUT2D eigenvalue weighted by molar-refractivity contribution is 6.27. The summed E-state index contributed by atoms with van der Waals surface area (Å²) >= 11 is 5.43. The molecule has 0 N–H and O–H groups in total. The summed E-state index contributed by atoms with van der Waals surface area (Å²) in [6.45, 7) is 4.02. The summed E-state index contributed by atoms with van der Waals surface area (Å²) in [5, 5.41) is 0.255. The summed E-state index contributed by atoms with van der Waals surface area (Å²) in [6, 6.07) is 10.1. The van der Waals surface area contributed by atoms with Gasteiger partial charge in [-0.3, -0.25) is 0 Å². The van der Waals surface area contributed by atoms with Gasteiger partial charge in [0.1, 0.15) is 0 Å². The van der Waals surface area contributed by atoms with Crippen molar-refractivity contribution in [3.8, 4) is 0 Å². The van der Waals surface area contributed by atoms with Crippen molar-refractivity contribution in [2.75, 3.05) is 6.61 Å². The SMILES string of the molecule is C=C(Cl)OCCc1ccccc1. The first-order valence-electron chi connectivity index (χ1n) is 3.80. The minimum absolute atomic E-state index is 0.255. The van der Waals surface area contributed by atoms with E-state index in [0.29, 0.717) is 6.61 Å². The van der Waals surface area contributed by atoms with Crippen LogP contribution in [0, 0.1) is 0 Å². The molecule has 1 aromatic carbocycles. The standard InChI is InChI=1S/C10H11ClO/c1-9(11)12-8-7-10-5-3-2-4-6-10/h2-6H,1,7-8H2. The highest BCUT2D eigenvalue weighted by Gasteiger charge is 1.91. The fourth-order valence-electron chi connectivity index (χ4n) is 0.924. The van der Waals surface area contributed by atoms with E-state index in [9.17, 15) is 0 Å². The molecule has 0 aliphatic carbocycles. The van der Waals surface area contributed by atoms with Gasteiger partial charge in [0.15, 0.2) is 5.22 Å². The third-order valence-electron chi connectivity index (χ3n) is 1.49. The highest BCUT2D eigenvalue weighted by atomic mass is 35.5. The Labute approximate surface area is 77.6 Å². The predicted octanol–water partition coefficient (Wildman–Crippen LogP) is 2.96. The van der Waals surface area contributed by atoms with Crippen molar-refractivity contribution < 1.29 is 4.74 Å². The van der Waals surface area contributed by atoms with Gasteiger partial charge in [0, 0.05) is 6.42 Å². The number of hydrogen-bond donors (Lipinski definition) is 0. The number of ether oxygens (including phenoxy) is 1. The molecular formula is C10H11ClO. The summed E-state index contributed by atoms with van der Waals surface area (Å²) in [5.41, 5.74) is 1.25. The van der Waals surface area contributed by atoms with E-state index >= 15 is 0 Å². The number of benzene rings is 1. The first-order chi connectivity index (χ1) is 5.79. The maximum Gasteiger partial charge on any atom is 0.179 e. The third-order valence-corrected chi connectivity index (χ3v) is 1.60. The fraction of sp³-hybridized carbons (Fsp3) is 0.200. The molecule has 0 aliphatic heterocycles. The fourth-order valence-corrected chi connectivity index (χ4v) is 1.00. The van der Waals surface area contributed by atoms with Crippen LogP contribution in [0.4, 0.5) is 0 Å². The summed E-state index contributed by atoms with van der Waals surface area (Å²) in [5.74, 6) is 0. The van der Waals surface area contributed by atoms with Gasteiger partial charge in [0.25, 0.3) is 0 Å². The van der Waals surface area contributed by atoms with Crippen LogP contribution in [0.5, 0.6) is 0 Å². The molecule has 0 aromatic heterocycles. The second kappa shape index (κ2) is 4.83. The lowest BCUT2D eigenvalue weighted by Crippen LogP contribution is -1.94. The lowest BCUT2D eigenvalue weighted by atomic mass is 10.2. The van der Waals surface area contributed by atoms with Gasteiger partial charge >= 0.3 is 0 Å². The predicted molar refractivity (Wildman–Crippen MR) is 51.1 cm³/mol. The molecule has 0 bridgehead atoms. The Morgan fingerprint density at radius 1 is 1.33 bits per heavy atom. The Bertz CT molecular complexity index is 243. The van der Waals surface area contributed by atoms with E-state index in [1.54, 1.807) is 0 Å². The topological polar surface area (TPSA) is 9.23 Å². The minimum atomic E-state index is 0.255. The zero-order valence-electron chi connectivity index (χ0n) is 6.79. The van der Waals surface area contributed by atoms with Crippen molar-refractivity contribution in [1.29, 1.82) is 0 Å². The molecule has 2 heteroatoms. The molecule has 64 valence electrons. The van der Waals surface area contributed by atoms with Crippen LogP contribution in [0.2, 0.25) is 0 Å². The summed E-state index contributed by atoms with van der Waals surface area (Å²) < 4.78 is 5.02. The first kappa shape index (κ1) is 9.14. The Kier molecular flexibility index (Phi) is 3.68. The minimum Gasteiger partial charge on any atom is -0.483 e. The number of rotatable bonds is 4. The molecule has 0 fully saturated rings. The Morgan fingerprint density at radius 3 is 2.58 bits per heavy atom. The van der Waals surface area contributed by atoms with Gasteiger partial charge in [-0.15, -0.1) is 0 Å². The van der Waals surface area contributed by atoms with Crippen molar-refractivity contribution in [3.63, 3.8) is 0 Å². The molecule has 0 heterocycles. The van der Waals surface area contributed by atoms with Gasteiger partial charge in [0.05, 0.1) is 6.61 Å². The maximum atomic E-state index is 5.43. The van der Waals surface area contributed by atoms with E-state index in [0.717, 1.165) is 6.42 Å². The van der Waals surface area contributed by atoms with Crippen molar-refractivity contribution in [2.24, 2.45) is 0 Å². The molecule has 0 amide bonds. The zero-order chi connectivity index (χ0) is 8.81. The van der Waals surface area contributed by atoms with Crippen LogP contribution < -0.4 is 0 Å². The molecule has 1 rings (SSSR count). The van der Waals surface area contributed by atoms with Crippen LogP contribution in [-0.4, -0.2) is 6.61 Å². The van der Waals surface area contributed by atoms with Crippen molar-refractivity contribution >= 4 is 11.6 Å². The quantitative estimate of drug-likeness (QED) is 0.651. The lowest BCUT2D eigenvalue weighted by molar-refractivity contribution is 0.241. The normalized spacial score (nSPS) is 9.42. The monoisotopic (exact) mass is 182 g/mol. The molecule has 1 aromatic rings. The second-order valence-corrected chi connectivity index (χ2v) is 2.86. The summed E-state index contributed by atoms with van der Waals surface area (Å²) in [7, 11) is 0. The van der Waals surface area contributed by atoms with E-state index in [2.05, 4.69) is 18.7 Å². The van der Waals surface area contributed by atoms with Crippen molar-refractivity contribution in [1.82, 2.24) is 0 Å². The van der Waals surface area contributed by atoms with E-state index < -0.39 is 0 Å². The Morgan fingerprint density at radius 2 is 2.00 bits per heavy atom. The zero-order valence-corrected chi connectivity index (χ0v) is 7.55. The van der Waals surface area contributed by atoms with Crippen LogP contribution >= 0.6 is 11.6 Å². The van der Waals surface area contributed by atoms with E-state index in [1.807, 2.05) is 18.2 Å². The summed E-state index contributed by atoms with van der Waals surface area (Å²) in [4.78, 5) is 0. The first-order valence-corrected chi connectivity index (χ1v) is 4.18. The molecule has 0 spiro atoms. The molecule has 12 heavy (non-hydrogen) atoms. The van der Waals surface area contributed by atoms with Crippen LogP contribution in [0.1, 0.15) is 5.56 Å².